The topological polar surface area (TPSA) is 58.7 Å². The highest BCUT2D eigenvalue weighted by molar-refractivity contribution is 7.12. The van der Waals surface area contributed by atoms with E-state index >= 15 is 0 Å². The number of hydrogen-bond donors (Lipinski definition) is 2. The van der Waals surface area contributed by atoms with Gasteiger partial charge in [0.05, 0.1) is 18.8 Å². The van der Waals surface area contributed by atoms with Crippen molar-refractivity contribution in [1.29, 1.82) is 0 Å². The Bertz CT molecular complexity index is 576. The zero-order valence-electron chi connectivity index (χ0n) is 15.9. The summed E-state index contributed by atoms with van der Waals surface area (Å²) in [7, 11) is 0. The van der Waals surface area contributed by atoms with Gasteiger partial charge in [-0.25, -0.2) is 0 Å². The van der Waals surface area contributed by atoms with Gasteiger partial charge in [-0.2, -0.15) is 0 Å². The summed E-state index contributed by atoms with van der Waals surface area (Å²) >= 11 is 2.04. The zero-order valence-corrected chi connectivity index (χ0v) is 16.7. The SMILES string of the molecule is NCCO[C@H]1C[C@@H](O)C12CCN(Cc1ccc(C3CCCCC3)s1)CC2. The number of piperidine rings is 1. The molecule has 146 valence electrons. The first kappa shape index (κ1) is 18.9. The number of hydrogen-bond acceptors (Lipinski definition) is 5. The summed E-state index contributed by atoms with van der Waals surface area (Å²) in [6, 6.07) is 4.73. The summed E-state index contributed by atoms with van der Waals surface area (Å²) in [5, 5.41) is 10.4. The number of nitrogens with zero attached hydrogens (tertiary/aromatic N) is 1. The van der Waals surface area contributed by atoms with Gasteiger partial charge in [-0.05, 0) is 56.8 Å². The number of likely N-dealkylation sites (tertiary alicyclic amines) is 1. The number of rotatable bonds is 6. The molecule has 3 N–H and O–H groups in total. The van der Waals surface area contributed by atoms with Gasteiger partial charge in [-0.1, -0.05) is 19.3 Å². The Morgan fingerprint density at radius 1 is 1.19 bits per heavy atom. The molecule has 4 nitrogen and oxygen atoms in total. The number of aliphatic hydroxyl groups excluding tert-OH is 1. The fourth-order valence-corrected chi connectivity index (χ4v) is 6.48. The summed E-state index contributed by atoms with van der Waals surface area (Å²) in [5.41, 5.74) is 5.57. The fourth-order valence-electron chi connectivity index (χ4n) is 5.26. The molecule has 0 aromatic carbocycles. The van der Waals surface area contributed by atoms with E-state index in [2.05, 4.69) is 17.0 Å². The van der Waals surface area contributed by atoms with E-state index in [1.807, 2.05) is 11.3 Å². The Morgan fingerprint density at radius 3 is 2.65 bits per heavy atom. The molecule has 0 bridgehead atoms. The molecule has 0 unspecified atom stereocenters. The molecular formula is C21H34N2O2S. The third kappa shape index (κ3) is 3.74. The van der Waals surface area contributed by atoms with Crippen LogP contribution in [0.3, 0.4) is 0 Å². The van der Waals surface area contributed by atoms with Crippen molar-refractivity contribution in [2.75, 3.05) is 26.2 Å². The predicted molar refractivity (Wildman–Crippen MR) is 107 cm³/mol. The summed E-state index contributed by atoms with van der Waals surface area (Å²) in [6.45, 7) is 4.38. The molecule has 3 fully saturated rings. The van der Waals surface area contributed by atoms with Crippen LogP contribution < -0.4 is 5.73 Å². The van der Waals surface area contributed by atoms with Crippen LogP contribution in [0.25, 0.3) is 0 Å². The van der Waals surface area contributed by atoms with E-state index in [9.17, 15) is 5.11 Å². The maximum absolute atomic E-state index is 10.4. The van der Waals surface area contributed by atoms with Crippen LogP contribution in [0.1, 0.15) is 67.0 Å². The molecule has 26 heavy (non-hydrogen) atoms. The van der Waals surface area contributed by atoms with Gasteiger partial charge in [-0.15, -0.1) is 11.3 Å². The predicted octanol–water partition coefficient (Wildman–Crippen LogP) is 3.49. The van der Waals surface area contributed by atoms with E-state index in [1.54, 1.807) is 4.88 Å². The van der Waals surface area contributed by atoms with Crippen molar-refractivity contribution >= 4 is 11.3 Å². The second kappa shape index (κ2) is 8.27. The van der Waals surface area contributed by atoms with E-state index in [4.69, 9.17) is 10.5 Å². The second-order valence-corrected chi connectivity index (χ2v) is 9.75. The second-order valence-electron chi connectivity index (χ2n) is 8.55. The quantitative estimate of drug-likeness (QED) is 0.796. The molecule has 0 radical (unpaired) electrons. The first-order chi connectivity index (χ1) is 12.7. The Kier molecular flexibility index (Phi) is 6.01. The van der Waals surface area contributed by atoms with Gasteiger partial charge < -0.3 is 15.6 Å². The lowest BCUT2D eigenvalue weighted by Gasteiger charge is -2.56. The highest BCUT2D eigenvalue weighted by Gasteiger charge is 2.55. The van der Waals surface area contributed by atoms with Gasteiger partial charge in [0.15, 0.2) is 0 Å². The standard InChI is InChI=1S/C21H34N2O2S/c22-10-13-25-20-14-19(24)21(20)8-11-23(12-9-21)15-17-6-7-18(26-17)16-4-2-1-3-5-16/h6-7,16,19-20,24H,1-5,8-15,22H2/t19-,20+/m1/s1. The molecule has 2 heterocycles. The minimum Gasteiger partial charge on any atom is -0.392 e. The van der Waals surface area contributed by atoms with Crippen LogP contribution in [0.4, 0.5) is 0 Å². The first-order valence-corrected chi connectivity index (χ1v) is 11.3. The maximum atomic E-state index is 10.4. The number of nitrogens with two attached hydrogens (primary N) is 1. The lowest BCUT2D eigenvalue weighted by Crippen LogP contribution is -2.62. The number of thiophene rings is 1. The van der Waals surface area contributed by atoms with Gasteiger partial charge in [0.1, 0.15) is 0 Å². The monoisotopic (exact) mass is 378 g/mol. The van der Waals surface area contributed by atoms with Crippen LogP contribution in [-0.4, -0.2) is 48.5 Å². The summed E-state index contributed by atoms with van der Waals surface area (Å²) < 4.78 is 5.91. The van der Waals surface area contributed by atoms with Crippen molar-refractivity contribution in [3.05, 3.63) is 21.9 Å². The van der Waals surface area contributed by atoms with Crippen molar-refractivity contribution in [3.8, 4) is 0 Å². The van der Waals surface area contributed by atoms with Crippen LogP contribution in [0.5, 0.6) is 0 Å². The van der Waals surface area contributed by atoms with Crippen LogP contribution in [0.2, 0.25) is 0 Å². The van der Waals surface area contributed by atoms with Crippen LogP contribution >= 0.6 is 11.3 Å². The van der Waals surface area contributed by atoms with Crippen LogP contribution in [-0.2, 0) is 11.3 Å². The average molecular weight is 379 g/mol. The molecule has 1 aromatic rings. The van der Waals surface area contributed by atoms with E-state index in [1.165, 1.54) is 37.0 Å². The van der Waals surface area contributed by atoms with Gasteiger partial charge in [0, 0.05) is 34.7 Å². The zero-order chi connectivity index (χ0) is 18.0. The van der Waals surface area contributed by atoms with E-state index in [-0.39, 0.29) is 17.6 Å². The van der Waals surface area contributed by atoms with Crippen molar-refractivity contribution in [3.63, 3.8) is 0 Å². The Morgan fingerprint density at radius 2 is 1.96 bits per heavy atom. The number of ether oxygens (including phenoxy) is 1. The van der Waals surface area contributed by atoms with Crippen LogP contribution in [0, 0.1) is 5.41 Å². The molecule has 1 saturated heterocycles. The normalized spacial score (nSPS) is 29.8. The van der Waals surface area contributed by atoms with Gasteiger partial charge in [0.25, 0.3) is 0 Å². The minimum absolute atomic E-state index is 0.00558. The van der Waals surface area contributed by atoms with Crippen LogP contribution in [0.15, 0.2) is 12.1 Å². The smallest absolute Gasteiger partial charge is 0.0682 e. The van der Waals surface area contributed by atoms with Crippen molar-refractivity contribution in [2.24, 2.45) is 11.1 Å². The Hall–Kier alpha value is -0.460. The summed E-state index contributed by atoms with van der Waals surface area (Å²) in [4.78, 5) is 5.68. The molecule has 0 amide bonds. The van der Waals surface area contributed by atoms with Gasteiger partial charge in [-0.3, -0.25) is 4.90 Å². The minimum atomic E-state index is -0.188. The third-order valence-corrected chi connectivity index (χ3v) is 8.27. The third-order valence-electron chi connectivity index (χ3n) is 7.04. The molecule has 1 spiro atoms. The molecular weight excluding hydrogens is 344 g/mol. The van der Waals surface area contributed by atoms with Crippen molar-refractivity contribution < 1.29 is 9.84 Å². The summed E-state index contributed by atoms with van der Waals surface area (Å²) in [5.74, 6) is 0.817. The maximum Gasteiger partial charge on any atom is 0.0682 e. The number of aliphatic hydroxyl groups is 1. The van der Waals surface area contributed by atoms with Gasteiger partial charge in [0.2, 0.25) is 0 Å². The fraction of sp³-hybridized carbons (Fsp3) is 0.810. The molecule has 5 heteroatoms. The first-order valence-electron chi connectivity index (χ1n) is 10.5. The lowest BCUT2D eigenvalue weighted by molar-refractivity contribution is -0.210. The van der Waals surface area contributed by atoms with Crippen molar-refractivity contribution in [1.82, 2.24) is 4.90 Å². The Balaban J connectivity index is 1.29. The van der Waals surface area contributed by atoms with E-state index in [0.29, 0.717) is 13.2 Å². The molecule has 4 rings (SSSR count). The molecule has 2 atom stereocenters. The van der Waals surface area contributed by atoms with E-state index < -0.39 is 0 Å². The van der Waals surface area contributed by atoms with Crippen molar-refractivity contribution in [2.45, 2.75) is 76.0 Å². The lowest BCUT2D eigenvalue weighted by atomic mass is 9.58. The summed E-state index contributed by atoms with van der Waals surface area (Å²) in [6.07, 6.45) is 9.90. The highest BCUT2D eigenvalue weighted by Crippen LogP contribution is 2.51. The average Bonchev–Trinajstić information content (AvgIpc) is 3.15. The largest absolute Gasteiger partial charge is 0.392 e. The molecule has 1 aliphatic heterocycles. The Labute approximate surface area is 161 Å². The van der Waals surface area contributed by atoms with Gasteiger partial charge >= 0.3 is 0 Å². The molecule has 3 aliphatic rings. The molecule has 2 saturated carbocycles. The molecule has 1 aromatic heterocycles. The molecule has 2 aliphatic carbocycles. The van der Waals surface area contributed by atoms with E-state index in [0.717, 1.165) is 44.8 Å². The highest BCUT2D eigenvalue weighted by atomic mass is 32.1.